The number of nitrogens with zero attached hydrogens (tertiary/aromatic N) is 2. The molecule has 0 bridgehead atoms. The van der Waals surface area contributed by atoms with Crippen LogP contribution in [0.4, 0.5) is 0 Å². The van der Waals surface area contributed by atoms with Gasteiger partial charge in [0, 0.05) is 11.3 Å². The summed E-state index contributed by atoms with van der Waals surface area (Å²) in [6.45, 7) is 3.87. The van der Waals surface area contributed by atoms with E-state index in [0.29, 0.717) is 0 Å². The summed E-state index contributed by atoms with van der Waals surface area (Å²) >= 11 is 3.47. The van der Waals surface area contributed by atoms with E-state index in [1.807, 2.05) is 38.1 Å². The summed E-state index contributed by atoms with van der Waals surface area (Å²) in [7, 11) is 1.65. The molecule has 0 aliphatic rings. The summed E-state index contributed by atoms with van der Waals surface area (Å²) < 4.78 is 6.13. The van der Waals surface area contributed by atoms with Crippen LogP contribution in [0.15, 0.2) is 28.7 Å². The Balaban J connectivity index is 2.49. The number of halogens is 1. The Morgan fingerprint density at radius 2 is 1.88 bits per heavy atom. The van der Waals surface area contributed by atoms with Gasteiger partial charge in [-0.15, -0.1) is 0 Å². The first-order chi connectivity index (χ1) is 8.10. The van der Waals surface area contributed by atoms with Gasteiger partial charge in [0.2, 0.25) is 0 Å². The summed E-state index contributed by atoms with van der Waals surface area (Å²) in [4.78, 5) is 8.70. The molecule has 1 heterocycles. The molecule has 0 unspecified atom stereocenters. The van der Waals surface area contributed by atoms with E-state index in [0.717, 1.165) is 33.0 Å². The van der Waals surface area contributed by atoms with Gasteiger partial charge >= 0.3 is 0 Å². The minimum Gasteiger partial charge on any atom is -0.496 e. The lowest BCUT2D eigenvalue weighted by Crippen LogP contribution is -1.94. The van der Waals surface area contributed by atoms with Crippen molar-refractivity contribution in [3.63, 3.8) is 0 Å². The zero-order valence-electron chi connectivity index (χ0n) is 9.99. The molecule has 0 aliphatic heterocycles. The second-order valence-electron chi connectivity index (χ2n) is 3.79. The number of hydrogen-bond donors (Lipinski definition) is 0. The average molecular weight is 293 g/mol. The smallest absolute Gasteiger partial charge is 0.133 e. The van der Waals surface area contributed by atoms with Crippen molar-refractivity contribution in [3.05, 3.63) is 40.3 Å². The van der Waals surface area contributed by atoms with Crippen molar-refractivity contribution in [2.45, 2.75) is 13.8 Å². The van der Waals surface area contributed by atoms with E-state index in [9.17, 15) is 0 Å². The molecule has 1 aromatic heterocycles. The van der Waals surface area contributed by atoms with Gasteiger partial charge in [-0.2, -0.15) is 0 Å². The fourth-order valence-corrected chi connectivity index (χ4v) is 2.23. The van der Waals surface area contributed by atoms with Gasteiger partial charge in [-0.25, -0.2) is 9.97 Å². The molecule has 0 atom stereocenters. The maximum atomic E-state index is 5.20. The highest BCUT2D eigenvalue weighted by molar-refractivity contribution is 9.10. The van der Waals surface area contributed by atoms with E-state index in [4.69, 9.17) is 4.74 Å². The largest absolute Gasteiger partial charge is 0.496 e. The Kier molecular flexibility index (Phi) is 3.43. The first-order valence-electron chi connectivity index (χ1n) is 5.26. The summed E-state index contributed by atoms with van der Waals surface area (Å²) in [5.41, 5.74) is 2.95. The fraction of sp³-hybridized carbons (Fsp3) is 0.231. The van der Waals surface area contributed by atoms with Crippen molar-refractivity contribution < 1.29 is 4.74 Å². The molecule has 0 radical (unpaired) electrons. The molecule has 88 valence electrons. The van der Waals surface area contributed by atoms with E-state index in [2.05, 4.69) is 25.9 Å². The maximum absolute atomic E-state index is 5.20. The molecule has 4 heteroatoms. The fourth-order valence-electron chi connectivity index (χ4n) is 1.69. The average Bonchev–Trinajstić information content (AvgIpc) is 2.27. The lowest BCUT2D eigenvalue weighted by Gasteiger charge is -2.07. The second-order valence-corrected chi connectivity index (χ2v) is 4.65. The third-order valence-corrected chi connectivity index (χ3v) is 3.03. The minimum atomic E-state index is 0.784. The highest BCUT2D eigenvalue weighted by Crippen LogP contribution is 2.29. The van der Waals surface area contributed by atoms with Crippen LogP contribution in [0.3, 0.4) is 0 Å². The van der Waals surface area contributed by atoms with Gasteiger partial charge in [0.15, 0.2) is 0 Å². The standard InChI is InChI=1S/C13H13BrN2O/c1-8-6-12(16-9(2)15-8)10-4-5-13(17-3)11(14)7-10/h4-7H,1-3H3. The van der Waals surface area contributed by atoms with Crippen molar-refractivity contribution in [2.75, 3.05) is 7.11 Å². The molecule has 0 fully saturated rings. The van der Waals surface area contributed by atoms with Crippen LogP contribution in [-0.2, 0) is 0 Å². The molecule has 0 N–H and O–H groups in total. The van der Waals surface area contributed by atoms with E-state index in [-0.39, 0.29) is 0 Å². The molecule has 1 aromatic carbocycles. The number of rotatable bonds is 2. The maximum Gasteiger partial charge on any atom is 0.133 e. The van der Waals surface area contributed by atoms with E-state index >= 15 is 0 Å². The van der Waals surface area contributed by atoms with E-state index in [1.165, 1.54) is 0 Å². The molecule has 0 aliphatic carbocycles. The molecule has 17 heavy (non-hydrogen) atoms. The zero-order valence-corrected chi connectivity index (χ0v) is 11.6. The first-order valence-corrected chi connectivity index (χ1v) is 6.05. The topological polar surface area (TPSA) is 35.0 Å². The van der Waals surface area contributed by atoms with Crippen LogP contribution < -0.4 is 4.74 Å². The third kappa shape index (κ3) is 2.64. The van der Waals surface area contributed by atoms with Crippen molar-refractivity contribution in [2.24, 2.45) is 0 Å². The Morgan fingerprint density at radius 1 is 1.12 bits per heavy atom. The number of hydrogen-bond acceptors (Lipinski definition) is 3. The monoisotopic (exact) mass is 292 g/mol. The van der Waals surface area contributed by atoms with Gasteiger partial charge in [-0.3, -0.25) is 0 Å². The van der Waals surface area contributed by atoms with Gasteiger partial charge in [0.1, 0.15) is 11.6 Å². The molecule has 0 saturated carbocycles. The van der Waals surface area contributed by atoms with Crippen LogP contribution in [0.5, 0.6) is 5.75 Å². The van der Waals surface area contributed by atoms with E-state index < -0.39 is 0 Å². The van der Waals surface area contributed by atoms with Crippen molar-refractivity contribution in [1.82, 2.24) is 9.97 Å². The highest BCUT2D eigenvalue weighted by Gasteiger charge is 2.06. The van der Waals surface area contributed by atoms with Crippen LogP contribution in [0, 0.1) is 13.8 Å². The lowest BCUT2D eigenvalue weighted by molar-refractivity contribution is 0.412. The molecule has 0 saturated heterocycles. The van der Waals surface area contributed by atoms with Crippen molar-refractivity contribution in [1.29, 1.82) is 0 Å². The van der Waals surface area contributed by atoms with Gasteiger partial charge in [0.25, 0.3) is 0 Å². The highest BCUT2D eigenvalue weighted by atomic mass is 79.9. The zero-order chi connectivity index (χ0) is 12.4. The number of benzene rings is 1. The molecule has 2 rings (SSSR count). The minimum absolute atomic E-state index is 0.784. The molecular formula is C13H13BrN2O. The summed E-state index contributed by atoms with van der Waals surface area (Å²) in [6, 6.07) is 7.89. The summed E-state index contributed by atoms with van der Waals surface area (Å²) in [5, 5.41) is 0. The third-order valence-electron chi connectivity index (χ3n) is 2.41. The van der Waals surface area contributed by atoms with E-state index in [1.54, 1.807) is 7.11 Å². The van der Waals surface area contributed by atoms with Crippen molar-refractivity contribution in [3.8, 4) is 17.0 Å². The lowest BCUT2D eigenvalue weighted by atomic mass is 10.1. The number of ether oxygens (including phenoxy) is 1. The number of aromatic nitrogens is 2. The number of methoxy groups -OCH3 is 1. The van der Waals surface area contributed by atoms with Crippen molar-refractivity contribution >= 4 is 15.9 Å². The normalized spacial score (nSPS) is 10.4. The first kappa shape index (κ1) is 12.0. The number of aryl methyl sites for hydroxylation is 2. The second kappa shape index (κ2) is 4.84. The van der Waals surface area contributed by atoms with Gasteiger partial charge in [0.05, 0.1) is 17.3 Å². The van der Waals surface area contributed by atoms with Crippen LogP contribution in [0.25, 0.3) is 11.3 Å². The van der Waals surface area contributed by atoms with Crippen LogP contribution in [0.2, 0.25) is 0 Å². The van der Waals surface area contributed by atoms with Crippen LogP contribution in [-0.4, -0.2) is 17.1 Å². The Bertz CT molecular complexity index is 535. The van der Waals surface area contributed by atoms with Gasteiger partial charge in [-0.05, 0) is 54.0 Å². The van der Waals surface area contributed by atoms with Crippen LogP contribution in [0.1, 0.15) is 11.5 Å². The van der Waals surface area contributed by atoms with Gasteiger partial charge < -0.3 is 4.74 Å². The summed E-state index contributed by atoms with van der Waals surface area (Å²) in [6.07, 6.45) is 0. The molecule has 0 spiro atoms. The Hall–Kier alpha value is -1.42. The Morgan fingerprint density at radius 3 is 2.47 bits per heavy atom. The SMILES string of the molecule is COc1ccc(-c2cc(C)nc(C)n2)cc1Br. The van der Waals surface area contributed by atoms with Gasteiger partial charge in [-0.1, -0.05) is 0 Å². The predicted molar refractivity (Wildman–Crippen MR) is 71.2 cm³/mol. The molecule has 3 nitrogen and oxygen atoms in total. The molecule has 2 aromatic rings. The summed E-state index contributed by atoms with van der Waals surface area (Å²) in [5.74, 6) is 1.60. The molecular weight excluding hydrogens is 280 g/mol. The molecule has 0 amide bonds. The predicted octanol–water partition coefficient (Wildman–Crippen LogP) is 3.53. The quantitative estimate of drug-likeness (QED) is 0.849. The van der Waals surface area contributed by atoms with Crippen LogP contribution >= 0.6 is 15.9 Å². The Labute approximate surface area is 109 Å².